The molecule has 0 saturated carbocycles. The van der Waals surface area contributed by atoms with Crippen molar-refractivity contribution in [1.29, 1.82) is 0 Å². The molecule has 0 spiro atoms. The predicted octanol–water partition coefficient (Wildman–Crippen LogP) is 5.04. The maximum absolute atomic E-state index is 13.0. The van der Waals surface area contributed by atoms with E-state index < -0.39 is 0 Å². The fraction of sp³-hybridized carbons (Fsp3) is 0.133. The zero-order chi connectivity index (χ0) is 14.5. The minimum absolute atomic E-state index is 0.0171. The first kappa shape index (κ1) is 15.4. The van der Waals surface area contributed by atoms with E-state index in [9.17, 15) is 9.18 Å². The van der Waals surface area contributed by atoms with Crippen LogP contribution < -0.4 is 0 Å². The Balaban J connectivity index is 1.94. The Bertz CT molecular complexity index is 631. The Labute approximate surface area is 131 Å². The highest BCUT2D eigenvalue weighted by atomic mass is 35.5. The van der Waals surface area contributed by atoms with E-state index in [-0.39, 0.29) is 23.8 Å². The largest absolute Gasteiger partial charge is 0.298 e. The van der Waals surface area contributed by atoms with Gasteiger partial charge in [0.2, 0.25) is 0 Å². The second-order valence-corrected chi connectivity index (χ2v) is 6.09. The first-order valence-electron chi connectivity index (χ1n) is 5.88. The zero-order valence-corrected chi connectivity index (χ0v) is 12.7. The molecule has 2 aromatic carbocycles. The predicted molar refractivity (Wildman–Crippen MR) is 82.3 cm³/mol. The highest BCUT2D eigenvalue weighted by Crippen LogP contribution is 2.23. The lowest BCUT2D eigenvalue weighted by molar-refractivity contribution is -0.116. The van der Waals surface area contributed by atoms with Crippen molar-refractivity contribution in [3.8, 4) is 0 Å². The van der Waals surface area contributed by atoms with Gasteiger partial charge in [0.05, 0.1) is 5.75 Å². The lowest BCUT2D eigenvalue weighted by Crippen LogP contribution is -2.06. The molecule has 0 amide bonds. The van der Waals surface area contributed by atoms with E-state index in [4.69, 9.17) is 23.2 Å². The third-order valence-corrected chi connectivity index (χ3v) is 4.25. The van der Waals surface area contributed by atoms with Crippen molar-refractivity contribution in [1.82, 2.24) is 0 Å². The lowest BCUT2D eigenvalue weighted by Gasteiger charge is -2.05. The number of rotatable bonds is 5. The SMILES string of the molecule is O=C(CSc1cccc(F)c1)Cc1cc(Cl)ccc1Cl. The molecule has 0 unspecified atom stereocenters. The zero-order valence-electron chi connectivity index (χ0n) is 10.4. The van der Waals surface area contributed by atoms with Crippen molar-refractivity contribution in [3.63, 3.8) is 0 Å². The Kier molecular flexibility index (Phi) is 5.46. The monoisotopic (exact) mass is 328 g/mol. The summed E-state index contributed by atoms with van der Waals surface area (Å²) in [6.07, 6.45) is 0.224. The van der Waals surface area contributed by atoms with Crippen LogP contribution in [0.2, 0.25) is 10.0 Å². The summed E-state index contributed by atoms with van der Waals surface area (Å²) in [6.45, 7) is 0. The number of halogens is 3. The maximum Gasteiger partial charge on any atom is 0.147 e. The number of carbonyl (C=O) groups is 1. The molecular weight excluding hydrogens is 318 g/mol. The number of Topliss-reactive ketones (excluding diaryl/α,β-unsaturated/α-hetero) is 1. The van der Waals surface area contributed by atoms with E-state index in [1.807, 2.05) is 0 Å². The summed E-state index contributed by atoms with van der Waals surface area (Å²) in [7, 11) is 0. The third kappa shape index (κ3) is 4.51. The molecule has 0 heterocycles. The van der Waals surface area contributed by atoms with Crippen LogP contribution in [-0.2, 0) is 11.2 Å². The van der Waals surface area contributed by atoms with Gasteiger partial charge >= 0.3 is 0 Å². The second kappa shape index (κ2) is 7.11. The van der Waals surface area contributed by atoms with Gasteiger partial charge in [-0.3, -0.25) is 4.79 Å². The van der Waals surface area contributed by atoms with Gasteiger partial charge in [-0.25, -0.2) is 4.39 Å². The molecule has 0 atom stereocenters. The molecule has 0 fully saturated rings. The van der Waals surface area contributed by atoms with E-state index in [1.54, 1.807) is 30.3 Å². The van der Waals surface area contributed by atoms with Crippen molar-refractivity contribution in [2.45, 2.75) is 11.3 Å². The number of benzene rings is 2. The number of carbonyl (C=O) groups excluding carboxylic acids is 1. The normalized spacial score (nSPS) is 10.6. The van der Waals surface area contributed by atoms with Gasteiger partial charge in [0.15, 0.2) is 0 Å². The number of hydrogen-bond acceptors (Lipinski definition) is 2. The summed E-state index contributed by atoms with van der Waals surface area (Å²) >= 11 is 13.2. The molecule has 20 heavy (non-hydrogen) atoms. The van der Waals surface area contributed by atoms with Gasteiger partial charge in [-0.15, -0.1) is 11.8 Å². The Morgan fingerprint density at radius 2 is 1.95 bits per heavy atom. The molecule has 0 bridgehead atoms. The van der Waals surface area contributed by atoms with Crippen LogP contribution in [0.5, 0.6) is 0 Å². The average molecular weight is 329 g/mol. The molecular formula is C15H11Cl2FOS. The van der Waals surface area contributed by atoms with Gasteiger partial charge in [-0.1, -0.05) is 29.3 Å². The third-order valence-electron chi connectivity index (χ3n) is 2.59. The van der Waals surface area contributed by atoms with Crippen LogP contribution >= 0.6 is 35.0 Å². The van der Waals surface area contributed by atoms with Crippen LogP contribution in [0.3, 0.4) is 0 Å². The van der Waals surface area contributed by atoms with Crippen LogP contribution in [0, 0.1) is 5.82 Å². The Hall–Kier alpha value is -1.03. The van der Waals surface area contributed by atoms with Crippen LogP contribution in [0.25, 0.3) is 0 Å². The molecule has 5 heteroatoms. The molecule has 0 aliphatic carbocycles. The van der Waals surface area contributed by atoms with Crippen LogP contribution in [0.1, 0.15) is 5.56 Å². The van der Waals surface area contributed by atoms with E-state index in [2.05, 4.69) is 0 Å². The molecule has 2 rings (SSSR count). The van der Waals surface area contributed by atoms with Crippen LogP contribution in [0.4, 0.5) is 4.39 Å². The van der Waals surface area contributed by atoms with Crippen LogP contribution in [-0.4, -0.2) is 11.5 Å². The number of hydrogen-bond donors (Lipinski definition) is 0. The quantitative estimate of drug-likeness (QED) is 0.715. The minimum Gasteiger partial charge on any atom is -0.298 e. The topological polar surface area (TPSA) is 17.1 Å². The van der Waals surface area contributed by atoms with Crippen molar-refractivity contribution >= 4 is 40.7 Å². The first-order valence-corrected chi connectivity index (χ1v) is 7.63. The summed E-state index contributed by atoms with van der Waals surface area (Å²) in [5.74, 6) is -0.0180. The Morgan fingerprint density at radius 1 is 1.15 bits per heavy atom. The van der Waals surface area contributed by atoms with Crippen molar-refractivity contribution in [2.75, 3.05) is 5.75 Å². The highest BCUT2D eigenvalue weighted by Gasteiger charge is 2.09. The van der Waals surface area contributed by atoms with E-state index in [0.29, 0.717) is 15.6 Å². The van der Waals surface area contributed by atoms with E-state index in [1.165, 1.54) is 23.9 Å². The molecule has 0 radical (unpaired) electrons. The summed E-state index contributed by atoms with van der Waals surface area (Å²) in [6, 6.07) is 11.2. The van der Waals surface area contributed by atoms with Crippen LogP contribution in [0.15, 0.2) is 47.4 Å². The fourth-order valence-electron chi connectivity index (χ4n) is 1.66. The molecule has 1 nitrogen and oxygen atoms in total. The molecule has 0 aromatic heterocycles. The number of ketones is 1. The average Bonchev–Trinajstić information content (AvgIpc) is 2.41. The molecule has 0 saturated heterocycles. The van der Waals surface area contributed by atoms with Gasteiger partial charge in [-0.2, -0.15) is 0 Å². The van der Waals surface area contributed by atoms with E-state index in [0.717, 1.165) is 4.90 Å². The first-order chi connectivity index (χ1) is 9.54. The summed E-state index contributed by atoms with van der Waals surface area (Å²) < 4.78 is 13.0. The molecule has 0 aliphatic heterocycles. The smallest absolute Gasteiger partial charge is 0.147 e. The molecule has 2 aromatic rings. The molecule has 104 valence electrons. The summed E-state index contributed by atoms with van der Waals surface area (Å²) in [4.78, 5) is 12.6. The number of thioether (sulfide) groups is 1. The van der Waals surface area contributed by atoms with Gasteiger partial charge in [0, 0.05) is 21.4 Å². The Morgan fingerprint density at radius 3 is 2.70 bits per heavy atom. The van der Waals surface area contributed by atoms with Crippen molar-refractivity contribution in [3.05, 3.63) is 63.9 Å². The lowest BCUT2D eigenvalue weighted by atomic mass is 10.1. The van der Waals surface area contributed by atoms with E-state index >= 15 is 0 Å². The highest BCUT2D eigenvalue weighted by molar-refractivity contribution is 8.00. The van der Waals surface area contributed by atoms with Gasteiger partial charge in [-0.05, 0) is 42.0 Å². The van der Waals surface area contributed by atoms with Gasteiger partial charge in [0.25, 0.3) is 0 Å². The summed E-state index contributed by atoms with van der Waals surface area (Å²) in [5.41, 5.74) is 0.712. The second-order valence-electron chi connectivity index (χ2n) is 4.20. The van der Waals surface area contributed by atoms with Crippen molar-refractivity contribution < 1.29 is 9.18 Å². The minimum atomic E-state index is -0.305. The summed E-state index contributed by atoms with van der Waals surface area (Å²) in [5, 5.41) is 1.08. The van der Waals surface area contributed by atoms with Crippen molar-refractivity contribution in [2.24, 2.45) is 0 Å². The fourth-order valence-corrected chi connectivity index (χ4v) is 2.84. The maximum atomic E-state index is 13.0. The molecule has 0 aliphatic rings. The van der Waals surface area contributed by atoms with Gasteiger partial charge < -0.3 is 0 Å². The standard InChI is InChI=1S/C15H11Cl2FOS/c16-11-4-5-15(17)10(6-11)7-13(19)9-20-14-3-1-2-12(18)8-14/h1-6,8H,7,9H2. The molecule has 0 N–H and O–H groups in total. The van der Waals surface area contributed by atoms with Gasteiger partial charge in [0.1, 0.15) is 11.6 Å².